The molecule has 0 radical (unpaired) electrons. The van der Waals surface area contributed by atoms with E-state index in [0.717, 1.165) is 11.3 Å². The second kappa shape index (κ2) is 5.30. The average Bonchev–Trinajstić information content (AvgIpc) is 2.73. The molecule has 1 atom stereocenters. The van der Waals surface area contributed by atoms with E-state index >= 15 is 0 Å². The standard InChI is InChI=1S/C14H18N2O3/c1-9-4-5-12(6-10(9)2)16-8-11(7-13(16)17)15-14(18)19-3/h4-6,11H,7-8H2,1-3H3,(H,15,18)/t11-/m0/s1. The molecule has 0 unspecified atom stereocenters. The number of benzene rings is 1. The lowest BCUT2D eigenvalue weighted by Gasteiger charge is -2.18. The van der Waals surface area contributed by atoms with Crippen LogP contribution in [0, 0.1) is 13.8 Å². The van der Waals surface area contributed by atoms with Crippen molar-refractivity contribution in [3.63, 3.8) is 0 Å². The first kappa shape index (κ1) is 13.4. The Morgan fingerprint density at radius 3 is 2.74 bits per heavy atom. The van der Waals surface area contributed by atoms with E-state index in [1.165, 1.54) is 12.7 Å². The molecule has 0 bridgehead atoms. The minimum absolute atomic E-state index is 0.0182. The molecular formula is C14H18N2O3. The van der Waals surface area contributed by atoms with Gasteiger partial charge in [0.15, 0.2) is 0 Å². The van der Waals surface area contributed by atoms with Crippen molar-refractivity contribution in [3.05, 3.63) is 29.3 Å². The minimum Gasteiger partial charge on any atom is -0.453 e. The van der Waals surface area contributed by atoms with Gasteiger partial charge >= 0.3 is 6.09 Å². The lowest BCUT2D eigenvalue weighted by Crippen LogP contribution is -2.37. The number of carbonyl (C=O) groups is 2. The van der Waals surface area contributed by atoms with Crippen LogP contribution in [0.1, 0.15) is 17.5 Å². The molecule has 1 aromatic carbocycles. The predicted octanol–water partition coefficient (Wildman–Crippen LogP) is 1.76. The molecule has 1 heterocycles. The Bertz CT molecular complexity index is 513. The third-order valence-corrected chi connectivity index (χ3v) is 3.43. The van der Waals surface area contributed by atoms with Crippen LogP contribution in [-0.2, 0) is 9.53 Å². The van der Waals surface area contributed by atoms with E-state index in [-0.39, 0.29) is 11.9 Å². The van der Waals surface area contributed by atoms with Crippen LogP contribution in [-0.4, -0.2) is 31.7 Å². The predicted molar refractivity (Wildman–Crippen MR) is 72.2 cm³/mol. The molecule has 0 aromatic heterocycles. The molecule has 102 valence electrons. The highest BCUT2D eigenvalue weighted by molar-refractivity contribution is 5.96. The molecule has 0 saturated carbocycles. The second-order valence-corrected chi connectivity index (χ2v) is 4.81. The molecule has 2 amide bonds. The van der Waals surface area contributed by atoms with Crippen LogP contribution in [0.2, 0.25) is 0 Å². The van der Waals surface area contributed by atoms with E-state index in [0.29, 0.717) is 13.0 Å². The van der Waals surface area contributed by atoms with Crippen molar-refractivity contribution in [2.75, 3.05) is 18.6 Å². The molecule has 1 aromatic rings. The zero-order valence-electron chi connectivity index (χ0n) is 11.4. The summed E-state index contributed by atoms with van der Waals surface area (Å²) >= 11 is 0. The summed E-state index contributed by atoms with van der Waals surface area (Å²) in [6.45, 7) is 4.53. The van der Waals surface area contributed by atoms with E-state index in [4.69, 9.17) is 0 Å². The van der Waals surface area contributed by atoms with Gasteiger partial charge in [-0.25, -0.2) is 4.79 Å². The minimum atomic E-state index is -0.500. The largest absolute Gasteiger partial charge is 0.453 e. The number of anilines is 1. The Morgan fingerprint density at radius 2 is 2.11 bits per heavy atom. The van der Waals surface area contributed by atoms with Gasteiger partial charge in [-0.1, -0.05) is 6.07 Å². The zero-order valence-corrected chi connectivity index (χ0v) is 11.4. The first-order valence-corrected chi connectivity index (χ1v) is 6.23. The van der Waals surface area contributed by atoms with Crippen molar-refractivity contribution in [1.29, 1.82) is 0 Å². The molecule has 0 spiro atoms. The van der Waals surface area contributed by atoms with Gasteiger partial charge in [-0.15, -0.1) is 0 Å². The number of hydrogen-bond donors (Lipinski definition) is 1. The number of nitrogens with one attached hydrogen (secondary N) is 1. The molecule has 1 saturated heterocycles. The molecule has 1 aliphatic heterocycles. The molecule has 19 heavy (non-hydrogen) atoms. The summed E-state index contributed by atoms with van der Waals surface area (Å²) in [5, 5.41) is 2.66. The van der Waals surface area contributed by atoms with E-state index in [1.54, 1.807) is 4.90 Å². The molecule has 1 aliphatic rings. The van der Waals surface area contributed by atoms with Crippen molar-refractivity contribution in [2.24, 2.45) is 0 Å². The van der Waals surface area contributed by atoms with E-state index < -0.39 is 6.09 Å². The summed E-state index contributed by atoms with van der Waals surface area (Å²) < 4.78 is 4.54. The number of alkyl carbamates (subject to hydrolysis) is 1. The topological polar surface area (TPSA) is 58.6 Å². The molecule has 2 rings (SSSR count). The first-order valence-electron chi connectivity index (χ1n) is 6.23. The fraction of sp³-hybridized carbons (Fsp3) is 0.429. The first-order chi connectivity index (χ1) is 9.01. The number of methoxy groups -OCH3 is 1. The van der Waals surface area contributed by atoms with Crippen molar-refractivity contribution in [1.82, 2.24) is 5.32 Å². The third-order valence-electron chi connectivity index (χ3n) is 3.43. The van der Waals surface area contributed by atoms with Gasteiger partial charge in [0, 0.05) is 18.7 Å². The molecule has 5 heteroatoms. The molecule has 5 nitrogen and oxygen atoms in total. The smallest absolute Gasteiger partial charge is 0.407 e. The summed E-state index contributed by atoms with van der Waals surface area (Å²) in [5.74, 6) is 0.0182. The van der Waals surface area contributed by atoms with Gasteiger partial charge in [0.2, 0.25) is 5.91 Å². The maximum atomic E-state index is 12.0. The Labute approximate surface area is 112 Å². The quantitative estimate of drug-likeness (QED) is 0.883. The summed E-state index contributed by atoms with van der Waals surface area (Å²) in [7, 11) is 1.31. The second-order valence-electron chi connectivity index (χ2n) is 4.81. The normalized spacial score (nSPS) is 18.6. The van der Waals surface area contributed by atoms with Gasteiger partial charge in [0.25, 0.3) is 0 Å². The molecular weight excluding hydrogens is 244 g/mol. The van der Waals surface area contributed by atoms with Crippen LogP contribution < -0.4 is 10.2 Å². The Hall–Kier alpha value is -2.04. The zero-order chi connectivity index (χ0) is 14.0. The monoisotopic (exact) mass is 262 g/mol. The van der Waals surface area contributed by atoms with Gasteiger partial charge in [-0.2, -0.15) is 0 Å². The fourth-order valence-corrected chi connectivity index (χ4v) is 2.17. The molecule has 1 fully saturated rings. The summed E-state index contributed by atoms with van der Waals surface area (Å²) in [5.41, 5.74) is 3.22. The van der Waals surface area contributed by atoms with Crippen LogP contribution >= 0.6 is 0 Å². The maximum Gasteiger partial charge on any atom is 0.407 e. The summed E-state index contributed by atoms with van der Waals surface area (Å²) in [6, 6.07) is 5.73. The van der Waals surface area contributed by atoms with E-state index in [9.17, 15) is 9.59 Å². The lowest BCUT2D eigenvalue weighted by atomic mass is 10.1. The fourth-order valence-electron chi connectivity index (χ4n) is 2.17. The number of ether oxygens (including phenoxy) is 1. The number of nitrogens with zero attached hydrogens (tertiary/aromatic N) is 1. The van der Waals surface area contributed by atoms with Crippen molar-refractivity contribution in [3.8, 4) is 0 Å². The van der Waals surface area contributed by atoms with Gasteiger partial charge in [-0.05, 0) is 37.1 Å². The van der Waals surface area contributed by atoms with Crippen LogP contribution in [0.25, 0.3) is 0 Å². The van der Waals surface area contributed by atoms with Gasteiger partial charge < -0.3 is 15.0 Å². The van der Waals surface area contributed by atoms with Crippen LogP contribution in [0.5, 0.6) is 0 Å². The molecule has 1 N–H and O–H groups in total. The average molecular weight is 262 g/mol. The van der Waals surface area contributed by atoms with Crippen LogP contribution in [0.4, 0.5) is 10.5 Å². The number of carbonyl (C=O) groups excluding carboxylic acids is 2. The highest BCUT2D eigenvalue weighted by Crippen LogP contribution is 2.24. The Balaban J connectivity index is 2.11. The van der Waals surface area contributed by atoms with Crippen molar-refractivity contribution in [2.45, 2.75) is 26.3 Å². The SMILES string of the molecule is COC(=O)N[C@H]1CC(=O)N(c2ccc(C)c(C)c2)C1. The van der Waals surface area contributed by atoms with Gasteiger partial charge in [-0.3, -0.25) is 4.79 Å². The molecule has 0 aliphatic carbocycles. The Morgan fingerprint density at radius 1 is 1.37 bits per heavy atom. The summed E-state index contributed by atoms with van der Waals surface area (Å²) in [6.07, 6.45) is -0.193. The number of rotatable bonds is 2. The number of hydrogen-bond acceptors (Lipinski definition) is 3. The highest BCUT2D eigenvalue weighted by Gasteiger charge is 2.31. The lowest BCUT2D eigenvalue weighted by molar-refractivity contribution is -0.117. The van der Waals surface area contributed by atoms with Gasteiger partial charge in [0.05, 0.1) is 13.2 Å². The number of amides is 2. The van der Waals surface area contributed by atoms with Crippen LogP contribution in [0.15, 0.2) is 18.2 Å². The van der Waals surface area contributed by atoms with Crippen LogP contribution in [0.3, 0.4) is 0 Å². The van der Waals surface area contributed by atoms with E-state index in [1.807, 2.05) is 32.0 Å². The highest BCUT2D eigenvalue weighted by atomic mass is 16.5. The van der Waals surface area contributed by atoms with Gasteiger partial charge in [0.1, 0.15) is 0 Å². The third kappa shape index (κ3) is 2.86. The summed E-state index contributed by atoms with van der Waals surface area (Å²) in [4.78, 5) is 24.8. The maximum absolute atomic E-state index is 12.0. The Kier molecular flexibility index (Phi) is 3.74. The van der Waals surface area contributed by atoms with Crippen molar-refractivity contribution < 1.29 is 14.3 Å². The van der Waals surface area contributed by atoms with Crippen molar-refractivity contribution >= 4 is 17.7 Å². The number of aryl methyl sites for hydroxylation is 2. The van der Waals surface area contributed by atoms with E-state index in [2.05, 4.69) is 10.1 Å².